The number of aromatic nitrogens is 3. The number of aryl methyl sites for hydroxylation is 1. The van der Waals surface area contributed by atoms with Gasteiger partial charge in [0, 0.05) is 38.2 Å². The number of rotatable bonds is 6. The number of amides is 3. The van der Waals surface area contributed by atoms with Crippen LogP contribution in [0.4, 0.5) is 23.7 Å². The van der Waals surface area contributed by atoms with E-state index in [9.17, 15) is 22.8 Å². The van der Waals surface area contributed by atoms with Crippen LogP contribution in [-0.2, 0) is 11.8 Å². The van der Waals surface area contributed by atoms with Crippen molar-refractivity contribution in [2.45, 2.75) is 31.9 Å². The van der Waals surface area contributed by atoms with Gasteiger partial charge >= 0.3 is 6.03 Å². The molecule has 13 heteroatoms. The first-order valence-corrected chi connectivity index (χ1v) is 11.9. The lowest BCUT2D eigenvalue weighted by Gasteiger charge is -2.41. The summed E-state index contributed by atoms with van der Waals surface area (Å²) in [6, 6.07) is 3.45. The lowest BCUT2D eigenvalue weighted by molar-refractivity contribution is -0.115. The Hall–Kier alpha value is -4.42. The number of carbonyl (C=O) groups is 2. The average molecular weight is 528 g/mol. The number of halogens is 3. The van der Waals surface area contributed by atoms with E-state index >= 15 is 0 Å². The van der Waals surface area contributed by atoms with Crippen molar-refractivity contribution in [2.75, 3.05) is 18.4 Å². The molecule has 3 amide bonds. The molecular weight excluding hydrogens is 503 g/mol. The number of carbonyl (C=O) groups excluding carboxylic acids is 2. The molecule has 38 heavy (non-hydrogen) atoms. The van der Waals surface area contributed by atoms with Crippen LogP contribution < -0.4 is 10.1 Å². The normalized spacial score (nSPS) is 17.0. The smallest absolute Gasteiger partial charge is 0.341 e. The topological polar surface area (TPSA) is 105 Å². The minimum Gasteiger partial charge on any atom is -0.483 e. The number of pyridine rings is 1. The maximum Gasteiger partial charge on any atom is 0.341 e. The van der Waals surface area contributed by atoms with Crippen LogP contribution in [0, 0.1) is 17.5 Å². The van der Waals surface area contributed by atoms with Crippen LogP contribution in [0.1, 0.15) is 31.4 Å². The molecule has 0 bridgehead atoms. The monoisotopic (exact) mass is 527 g/mol. The molecule has 0 radical (unpaired) electrons. The van der Waals surface area contributed by atoms with Gasteiger partial charge in [-0.2, -0.15) is 10.2 Å². The third kappa shape index (κ3) is 4.91. The molecule has 1 N–H and O–H groups in total. The lowest BCUT2D eigenvalue weighted by atomic mass is 10.0. The van der Waals surface area contributed by atoms with E-state index in [1.54, 1.807) is 14.0 Å². The largest absolute Gasteiger partial charge is 0.483 e. The Morgan fingerprint density at radius 3 is 2.55 bits per heavy atom. The number of likely N-dealkylation sites (tertiary alicyclic amines) is 1. The molecule has 0 unspecified atom stereocenters. The van der Waals surface area contributed by atoms with Crippen molar-refractivity contribution < 1.29 is 27.5 Å². The molecule has 0 saturated carbocycles. The molecule has 1 atom stereocenters. The van der Waals surface area contributed by atoms with Crippen molar-refractivity contribution >= 4 is 23.8 Å². The lowest BCUT2D eigenvalue weighted by Crippen LogP contribution is -2.58. The predicted molar refractivity (Wildman–Crippen MR) is 131 cm³/mol. The van der Waals surface area contributed by atoms with E-state index in [4.69, 9.17) is 4.74 Å². The molecule has 2 aromatic heterocycles. The second-order valence-electron chi connectivity index (χ2n) is 8.96. The summed E-state index contributed by atoms with van der Waals surface area (Å²) in [5.74, 6) is -2.42. The highest BCUT2D eigenvalue weighted by atomic mass is 19.1. The Morgan fingerprint density at radius 1 is 1.11 bits per heavy atom. The van der Waals surface area contributed by atoms with Crippen LogP contribution in [0.15, 0.2) is 41.8 Å². The van der Waals surface area contributed by atoms with Gasteiger partial charge in [-0.05, 0) is 17.7 Å². The minimum absolute atomic E-state index is 0.0617. The standard InChI is InChI=1S/C25H24F3N7O3/c1-3-23(36)32-20-11-31-33(2)24(20)19-9-22(18(28)10-29-19)38-17-12-34(13-17)25(37)35-21(4-5-30-35)14-6-15(26)8-16(27)7-14/h5-11,17,21H,3-4,12-13H2,1-2H3,(H,32,36)/t21-/m0/s1. The molecule has 5 rings (SSSR count). The minimum atomic E-state index is -0.735. The van der Waals surface area contributed by atoms with Crippen molar-refractivity contribution in [3.05, 3.63) is 59.7 Å². The second-order valence-corrected chi connectivity index (χ2v) is 8.96. The molecular formula is C25H24F3N7O3. The zero-order valence-corrected chi connectivity index (χ0v) is 20.6. The van der Waals surface area contributed by atoms with Crippen molar-refractivity contribution in [3.63, 3.8) is 0 Å². The molecule has 198 valence electrons. The zero-order chi connectivity index (χ0) is 27.0. The van der Waals surface area contributed by atoms with E-state index in [2.05, 4.69) is 20.5 Å². The van der Waals surface area contributed by atoms with Crippen LogP contribution in [0.2, 0.25) is 0 Å². The zero-order valence-electron chi connectivity index (χ0n) is 20.6. The SMILES string of the molecule is CCC(=O)Nc1cnn(C)c1-c1cc(OC2CN(C(=O)N3N=CC[C@H]3c3cc(F)cc(F)c3)C2)c(F)cn1. The summed E-state index contributed by atoms with van der Waals surface area (Å²) in [5.41, 5.74) is 1.56. The summed E-state index contributed by atoms with van der Waals surface area (Å²) in [6.45, 7) is 2.04. The van der Waals surface area contributed by atoms with Crippen molar-refractivity contribution in [1.29, 1.82) is 0 Å². The average Bonchev–Trinajstić information content (AvgIpc) is 3.48. The van der Waals surface area contributed by atoms with Gasteiger partial charge in [0.05, 0.1) is 42.9 Å². The second kappa shape index (κ2) is 10.1. The first kappa shape index (κ1) is 25.2. The number of hydrazone groups is 1. The van der Waals surface area contributed by atoms with E-state index in [0.29, 0.717) is 29.1 Å². The van der Waals surface area contributed by atoms with Gasteiger partial charge < -0.3 is 15.0 Å². The number of benzene rings is 1. The molecule has 0 aliphatic carbocycles. The molecule has 2 aliphatic heterocycles. The van der Waals surface area contributed by atoms with Crippen LogP contribution in [0.25, 0.3) is 11.4 Å². The highest BCUT2D eigenvalue weighted by Crippen LogP contribution is 2.33. The first-order valence-electron chi connectivity index (χ1n) is 11.9. The van der Waals surface area contributed by atoms with E-state index in [-0.39, 0.29) is 31.2 Å². The maximum atomic E-state index is 14.6. The summed E-state index contributed by atoms with van der Waals surface area (Å²) in [7, 11) is 1.67. The number of anilines is 1. The molecule has 1 aromatic carbocycles. The summed E-state index contributed by atoms with van der Waals surface area (Å²) >= 11 is 0. The highest BCUT2D eigenvalue weighted by molar-refractivity contribution is 5.94. The summed E-state index contributed by atoms with van der Waals surface area (Å²) in [4.78, 5) is 30.5. The molecule has 4 heterocycles. The van der Waals surface area contributed by atoms with E-state index < -0.39 is 35.6 Å². The highest BCUT2D eigenvalue weighted by Gasteiger charge is 2.39. The number of hydrogen-bond acceptors (Lipinski definition) is 6. The van der Waals surface area contributed by atoms with E-state index in [0.717, 1.165) is 12.3 Å². The van der Waals surface area contributed by atoms with Crippen LogP contribution in [0.5, 0.6) is 5.75 Å². The van der Waals surface area contributed by atoms with Crippen molar-refractivity contribution in [1.82, 2.24) is 24.7 Å². The third-order valence-corrected chi connectivity index (χ3v) is 6.30. The Balaban J connectivity index is 1.25. The van der Waals surface area contributed by atoms with Gasteiger partial charge in [-0.3, -0.25) is 14.5 Å². The predicted octanol–water partition coefficient (Wildman–Crippen LogP) is 3.86. The fraction of sp³-hybridized carbons (Fsp3) is 0.320. The Kier molecular flexibility index (Phi) is 6.74. The van der Waals surface area contributed by atoms with Gasteiger partial charge in [-0.25, -0.2) is 23.0 Å². The van der Waals surface area contributed by atoms with Crippen molar-refractivity contribution in [2.24, 2.45) is 12.1 Å². The quantitative estimate of drug-likeness (QED) is 0.524. The summed E-state index contributed by atoms with van der Waals surface area (Å²) in [5, 5.41) is 12.2. The first-order chi connectivity index (χ1) is 18.2. The Labute approximate surface area is 215 Å². The molecule has 10 nitrogen and oxygen atoms in total. The number of ether oxygens (including phenoxy) is 1. The van der Waals surface area contributed by atoms with Gasteiger partial charge in [0.15, 0.2) is 11.6 Å². The van der Waals surface area contributed by atoms with Crippen LogP contribution in [0.3, 0.4) is 0 Å². The summed E-state index contributed by atoms with van der Waals surface area (Å²) in [6.07, 6.45) is 4.12. The van der Waals surface area contributed by atoms with Gasteiger partial charge in [0.25, 0.3) is 0 Å². The van der Waals surface area contributed by atoms with Gasteiger partial charge in [-0.15, -0.1) is 0 Å². The molecule has 1 saturated heterocycles. The third-order valence-electron chi connectivity index (χ3n) is 6.30. The maximum absolute atomic E-state index is 14.6. The number of urea groups is 1. The molecule has 1 fully saturated rings. The summed E-state index contributed by atoms with van der Waals surface area (Å²) < 4.78 is 49.3. The van der Waals surface area contributed by atoms with Crippen molar-refractivity contribution in [3.8, 4) is 17.1 Å². The number of nitrogens with zero attached hydrogens (tertiary/aromatic N) is 6. The fourth-order valence-corrected chi connectivity index (χ4v) is 4.35. The molecule has 3 aromatic rings. The number of hydrogen-bond donors (Lipinski definition) is 1. The van der Waals surface area contributed by atoms with Gasteiger partial charge in [0.2, 0.25) is 5.91 Å². The molecule has 2 aliphatic rings. The van der Waals surface area contributed by atoms with E-state index in [1.165, 1.54) is 45.2 Å². The Bertz CT molecular complexity index is 1400. The van der Waals surface area contributed by atoms with Crippen LogP contribution in [-0.4, -0.2) is 62.0 Å². The number of nitrogens with one attached hydrogen (secondary N) is 1. The fourth-order valence-electron chi connectivity index (χ4n) is 4.35. The Morgan fingerprint density at radius 2 is 1.84 bits per heavy atom. The molecule has 0 spiro atoms. The van der Waals surface area contributed by atoms with Gasteiger partial charge in [-0.1, -0.05) is 6.92 Å². The van der Waals surface area contributed by atoms with E-state index in [1.807, 2.05) is 0 Å². The van der Waals surface area contributed by atoms with Gasteiger partial charge in [0.1, 0.15) is 23.4 Å². The van der Waals surface area contributed by atoms with Crippen LogP contribution >= 0.6 is 0 Å².